The molecule has 0 unspecified atom stereocenters. The van der Waals surface area contributed by atoms with Gasteiger partial charge in [-0.2, -0.15) is 8.42 Å². The van der Waals surface area contributed by atoms with Crippen LogP contribution in [-0.2, 0) is 25.5 Å². The van der Waals surface area contributed by atoms with Crippen molar-refractivity contribution in [2.45, 2.75) is 69.4 Å². The molecule has 7 nitrogen and oxygen atoms in total. The lowest BCUT2D eigenvalue weighted by Crippen LogP contribution is -2.49. The SMILES string of the molecule is CCCCC[C@@H]1CN2CCc3cc(OC)c(OC)cc3[C@H]2C[C@H]1OCCOS(=O)(=O)c1ccc(C)cc1. The van der Waals surface area contributed by atoms with Gasteiger partial charge in [0.2, 0.25) is 0 Å². The minimum atomic E-state index is -3.80. The van der Waals surface area contributed by atoms with Crippen molar-refractivity contribution in [1.82, 2.24) is 4.90 Å². The van der Waals surface area contributed by atoms with E-state index in [4.69, 9.17) is 18.4 Å². The Morgan fingerprint density at radius 1 is 1.00 bits per heavy atom. The van der Waals surface area contributed by atoms with Gasteiger partial charge in [-0.15, -0.1) is 0 Å². The highest BCUT2D eigenvalue weighted by Gasteiger charge is 2.39. The van der Waals surface area contributed by atoms with Crippen molar-refractivity contribution >= 4 is 10.1 Å². The Bertz CT molecular complexity index is 1130. The van der Waals surface area contributed by atoms with Gasteiger partial charge < -0.3 is 14.2 Å². The predicted molar refractivity (Wildman–Crippen MR) is 144 cm³/mol. The van der Waals surface area contributed by atoms with Gasteiger partial charge in [0.05, 0.1) is 38.4 Å². The Balaban J connectivity index is 1.44. The number of methoxy groups -OCH3 is 2. The minimum Gasteiger partial charge on any atom is -0.493 e. The average Bonchev–Trinajstić information content (AvgIpc) is 2.90. The van der Waals surface area contributed by atoms with Gasteiger partial charge in [0.1, 0.15) is 0 Å². The highest BCUT2D eigenvalue weighted by atomic mass is 32.2. The molecule has 8 heteroatoms. The van der Waals surface area contributed by atoms with E-state index in [2.05, 4.69) is 24.0 Å². The summed E-state index contributed by atoms with van der Waals surface area (Å²) < 4.78 is 47.9. The molecule has 0 spiro atoms. The van der Waals surface area contributed by atoms with Crippen LogP contribution in [0.1, 0.15) is 61.8 Å². The maximum absolute atomic E-state index is 12.6. The summed E-state index contributed by atoms with van der Waals surface area (Å²) in [6, 6.07) is 11.2. The molecular weight excluding hydrogens is 490 g/mol. The van der Waals surface area contributed by atoms with E-state index in [1.165, 1.54) is 30.4 Å². The van der Waals surface area contributed by atoms with E-state index in [-0.39, 0.29) is 30.3 Å². The molecule has 37 heavy (non-hydrogen) atoms. The van der Waals surface area contributed by atoms with Gasteiger partial charge in [0.25, 0.3) is 10.1 Å². The van der Waals surface area contributed by atoms with Crippen LogP contribution in [0.3, 0.4) is 0 Å². The molecule has 204 valence electrons. The topological polar surface area (TPSA) is 74.3 Å². The fourth-order valence-electron chi connectivity index (χ4n) is 5.66. The van der Waals surface area contributed by atoms with Crippen LogP contribution < -0.4 is 9.47 Å². The minimum absolute atomic E-state index is 0.00434. The van der Waals surface area contributed by atoms with E-state index in [0.717, 1.165) is 49.4 Å². The third-order valence-corrected chi connectivity index (χ3v) is 9.03. The number of hydrogen-bond acceptors (Lipinski definition) is 7. The fourth-order valence-corrected chi connectivity index (χ4v) is 6.55. The molecule has 0 radical (unpaired) electrons. The number of ether oxygens (including phenoxy) is 3. The van der Waals surface area contributed by atoms with E-state index in [9.17, 15) is 8.42 Å². The van der Waals surface area contributed by atoms with Crippen LogP contribution in [0.5, 0.6) is 11.5 Å². The van der Waals surface area contributed by atoms with Crippen LogP contribution in [-0.4, -0.2) is 59.9 Å². The van der Waals surface area contributed by atoms with Crippen LogP contribution in [0, 0.1) is 12.8 Å². The van der Waals surface area contributed by atoms with Crippen LogP contribution >= 0.6 is 0 Å². The summed E-state index contributed by atoms with van der Waals surface area (Å²) >= 11 is 0. The van der Waals surface area contributed by atoms with Gasteiger partial charge in [-0.25, -0.2) is 0 Å². The first kappa shape index (κ1) is 27.9. The Labute approximate surface area is 222 Å². The second kappa shape index (κ2) is 12.6. The highest BCUT2D eigenvalue weighted by molar-refractivity contribution is 7.86. The molecule has 1 fully saturated rings. The summed E-state index contributed by atoms with van der Waals surface area (Å²) in [7, 11) is -0.453. The standard InChI is InChI=1S/C29H41NO6S/c1-5-6-7-8-23-20-30-14-13-22-17-28(33-3)29(34-4)18-25(22)26(30)19-27(23)35-15-16-36-37(31,32)24-11-9-21(2)10-12-24/h9-12,17-18,23,26-27H,5-8,13-16,19-20H2,1-4H3/t23-,26-,27-/m1/s1. The Kier molecular flexibility index (Phi) is 9.51. The molecule has 2 aliphatic heterocycles. The highest BCUT2D eigenvalue weighted by Crippen LogP contribution is 2.44. The number of piperidine rings is 1. The average molecular weight is 532 g/mol. The maximum Gasteiger partial charge on any atom is 0.297 e. The molecular formula is C29H41NO6S. The lowest BCUT2D eigenvalue weighted by molar-refractivity contribution is -0.0669. The maximum atomic E-state index is 12.6. The molecule has 0 amide bonds. The van der Waals surface area contributed by atoms with Crippen LogP contribution in [0.2, 0.25) is 0 Å². The van der Waals surface area contributed by atoms with Crippen molar-refractivity contribution in [3.8, 4) is 11.5 Å². The Morgan fingerprint density at radius 3 is 2.43 bits per heavy atom. The van der Waals surface area contributed by atoms with Gasteiger partial charge in [0, 0.05) is 19.1 Å². The molecule has 0 N–H and O–H groups in total. The van der Waals surface area contributed by atoms with Gasteiger partial charge in [-0.1, -0.05) is 43.9 Å². The second-order valence-electron chi connectivity index (χ2n) is 10.2. The number of nitrogens with zero attached hydrogens (tertiary/aromatic N) is 1. The van der Waals surface area contributed by atoms with Crippen LogP contribution in [0.25, 0.3) is 0 Å². The van der Waals surface area contributed by atoms with E-state index in [1.54, 1.807) is 38.5 Å². The normalized spacial score (nSPS) is 21.8. The Morgan fingerprint density at radius 2 is 1.73 bits per heavy atom. The zero-order valence-electron chi connectivity index (χ0n) is 22.6. The van der Waals surface area contributed by atoms with E-state index in [0.29, 0.717) is 5.92 Å². The van der Waals surface area contributed by atoms with E-state index >= 15 is 0 Å². The first-order valence-corrected chi connectivity index (χ1v) is 14.8. The summed E-state index contributed by atoms with van der Waals surface area (Å²) in [6.45, 7) is 6.39. The van der Waals surface area contributed by atoms with Crippen molar-refractivity contribution in [1.29, 1.82) is 0 Å². The van der Waals surface area contributed by atoms with E-state index < -0.39 is 10.1 Å². The fraction of sp³-hybridized carbons (Fsp3) is 0.586. The predicted octanol–water partition coefficient (Wildman–Crippen LogP) is 5.30. The second-order valence-corrected chi connectivity index (χ2v) is 11.8. The molecule has 0 aromatic heterocycles. The third kappa shape index (κ3) is 6.66. The zero-order chi connectivity index (χ0) is 26.4. The molecule has 0 saturated carbocycles. The molecule has 3 atom stereocenters. The Hall–Kier alpha value is -2.13. The van der Waals surface area contributed by atoms with Crippen molar-refractivity contribution in [2.75, 3.05) is 40.5 Å². The van der Waals surface area contributed by atoms with Crippen molar-refractivity contribution < 1.29 is 26.8 Å². The number of unbranched alkanes of at least 4 members (excludes halogenated alkanes) is 2. The molecule has 4 rings (SSSR count). The first-order valence-electron chi connectivity index (χ1n) is 13.4. The monoisotopic (exact) mass is 531 g/mol. The van der Waals surface area contributed by atoms with Gasteiger partial charge >= 0.3 is 0 Å². The van der Waals surface area contributed by atoms with E-state index in [1.807, 2.05) is 6.92 Å². The number of rotatable bonds is 12. The van der Waals surface area contributed by atoms with Crippen molar-refractivity contribution in [3.05, 3.63) is 53.1 Å². The number of benzene rings is 2. The molecule has 2 heterocycles. The molecule has 2 aliphatic rings. The third-order valence-electron chi connectivity index (χ3n) is 7.71. The summed E-state index contributed by atoms with van der Waals surface area (Å²) in [5.41, 5.74) is 3.58. The number of fused-ring (bicyclic) bond motifs is 3. The summed E-state index contributed by atoms with van der Waals surface area (Å²) in [5, 5.41) is 0. The van der Waals surface area contributed by atoms with Crippen LogP contribution in [0.4, 0.5) is 0 Å². The number of aryl methyl sites for hydroxylation is 1. The summed E-state index contributed by atoms with van der Waals surface area (Å²) in [6.07, 6.45) is 6.59. The molecule has 0 bridgehead atoms. The van der Waals surface area contributed by atoms with Gasteiger partial charge in [0.15, 0.2) is 11.5 Å². The van der Waals surface area contributed by atoms with Gasteiger partial charge in [-0.3, -0.25) is 9.08 Å². The summed E-state index contributed by atoms with van der Waals surface area (Å²) in [5.74, 6) is 1.93. The van der Waals surface area contributed by atoms with Crippen LogP contribution in [0.15, 0.2) is 41.3 Å². The molecule has 2 aromatic rings. The molecule has 1 saturated heterocycles. The lowest BCUT2D eigenvalue weighted by Gasteiger charge is -2.47. The molecule has 0 aliphatic carbocycles. The van der Waals surface area contributed by atoms with Gasteiger partial charge in [-0.05, 0) is 67.5 Å². The lowest BCUT2D eigenvalue weighted by atomic mass is 9.80. The first-order chi connectivity index (χ1) is 17.9. The summed E-state index contributed by atoms with van der Waals surface area (Å²) in [4.78, 5) is 2.76. The van der Waals surface area contributed by atoms with Crippen molar-refractivity contribution in [3.63, 3.8) is 0 Å². The molecule has 2 aromatic carbocycles. The van der Waals surface area contributed by atoms with Crippen molar-refractivity contribution in [2.24, 2.45) is 5.92 Å². The largest absolute Gasteiger partial charge is 0.493 e. The quantitative estimate of drug-likeness (QED) is 0.272. The number of hydrogen-bond donors (Lipinski definition) is 0. The smallest absolute Gasteiger partial charge is 0.297 e. The zero-order valence-corrected chi connectivity index (χ0v) is 23.4.